The van der Waals surface area contributed by atoms with Crippen molar-refractivity contribution < 1.29 is 19.8 Å². The van der Waals surface area contributed by atoms with Gasteiger partial charge >= 0.3 is 11.9 Å². The maximum absolute atomic E-state index is 10.8. The summed E-state index contributed by atoms with van der Waals surface area (Å²) >= 11 is 0. The van der Waals surface area contributed by atoms with Crippen molar-refractivity contribution in [1.82, 2.24) is 0 Å². The minimum absolute atomic E-state index is 0.122. The van der Waals surface area contributed by atoms with Gasteiger partial charge in [-0.05, 0) is 36.6 Å². The maximum Gasteiger partial charge on any atom is 0.335 e. The number of aliphatic carboxylic acids is 1. The van der Waals surface area contributed by atoms with Crippen LogP contribution in [-0.2, 0) is 11.2 Å². The SMILES string of the molecule is Cc1cc(C[C@H](N)C(=O)O)cc(C(=O)O)c1. The van der Waals surface area contributed by atoms with Gasteiger partial charge in [0.25, 0.3) is 0 Å². The molecule has 0 radical (unpaired) electrons. The summed E-state index contributed by atoms with van der Waals surface area (Å²) in [7, 11) is 0. The molecule has 0 aliphatic heterocycles. The van der Waals surface area contributed by atoms with Crippen LogP contribution in [0.25, 0.3) is 0 Å². The number of hydrogen-bond donors (Lipinski definition) is 3. The zero-order valence-electron chi connectivity index (χ0n) is 8.80. The quantitative estimate of drug-likeness (QED) is 0.695. The van der Waals surface area contributed by atoms with Gasteiger partial charge in [0.05, 0.1) is 5.56 Å². The highest BCUT2D eigenvalue weighted by Gasteiger charge is 2.13. The predicted octanol–water partition coefficient (Wildman–Crippen LogP) is 0.648. The van der Waals surface area contributed by atoms with E-state index in [4.69, 9.17) is 15.9 Å². The van der Waals surface area contributed by atoms with E-state index in [2.05, 4.69) is 0 Å². The molecule has 1 rings (SSSR count). The van der Waals surface area contributed by atoms with Crippen LogP contribution in [0.15, 0.2) is 18.2 Å². The normalized spacial score (nSPS) is 12.1. The highest BCUT2D eigenvalue weighted by atomic mass is 16.4. The zero-order valence-corrected chi connectivity index (χ0v) is 8.80. The van der Waals surface area contributed by atoms with E-state index in [-0.39, 0.29) is 12.0 Å². The van der Waals surface area contributed by atoms with Gasteiger partial charge in [-0.1, -0.05) is 6.07 Å². The molecule has 0 aliphatic rings. The van der Waals surface area contributed by atoms with Gasteiger partial charge in [0, 0.05) is 0 Å². The lowest BCUT2D eigenvalue weighted by atomic mass is 10.0. The molecule has 4 N–H and O–H groups in total. The van der Waals surface area contributed by atoms with E-state index >= 15 is 0 Å². The smallest absolute Gasteiger partial charge is 0.335 e. The Morgan fingerprint density at radius 2 is 1.94 bits per heavy atom. The third-order valence-corrected chi connectivity index (χ3v) is 2.16. The lowest BCUT2D eigenvalue weighted by molar-refractivity contribution is -0.138. The molecule has 5 heteroatoms. The number of carbonyl (C=O) groups is 2. The molecule has 86 valence electrons. The Morgan fingerprint density at radius 1 is 1.31 bits per heavy atom. The summed E-state index contributed by atoms with van der Waals surface area (Å²) in [5.74, 6) is -2.13. The third-order valence-electron chi connectivity index (χ3n) is 2.16. The number of rotatable bonds is 4. The van der Waals surface area contributed by atoms with Crippen LogP contribution < -0.4 is 5.73 Å². The molecule has 0 aromatic heterocycles. The Bertz CT molecular complexity index is 428. The van der Waals surface area contributed by atoms with Gasteiger partial charge in [0.15, 0.2) is 0 Å². The summed E-state index contributed by atoms with van der Waals surface area (Å²) in [5.41, 5.74) is 6.91. The molecule has 16 heavy (non-hydrogen) atoms. The van der Waals surface area contributed by atoms with Gasteiger partial charge in [0.2, 0.25) is 0 Å². The van der Waals surface area contributed by atoms with Crippen LogP contribution in [0, 0.1) is 6.92 Å². The van der Waals surface area contributed by atoms with Gasteiger partial charge in [-0.3, -0.25) is 4.79 Å². The largest absolute Gasteiger partial charge is 0.480 e. The van der Waals surface area contributed by atoms with Crippen molar-refractivity contribution in [3.05, 3.63) is 34.9 Å². The fourth-order valence-corrected chi connectivity index (χ4v) is 1.45. The molecule has 0 fully saturated rings. The van der Waals surface area contributed by atoms with Crippen molar-refractivity contribution in [3.63, 3.8) is 0 Å². The summed E-state index contributed by atoms with van der Waals surface area (Å²) in [5, 5.41) is 17.5. The van der Waals surface area contributed by atoms with Gasteiger partial charge in [-0.15, -0.1) is 0 Å². The summed E-state index contributed by atoms with van der Waals surface area (Å²) in [4.78, 5) is 21.3. The fourth-order valence-electron chi connectivity index (χ4n) is 1.45. The van der Waals surface area contributed by atoms with E-state index < -0.39 is 18.0 Å². The van der Waals surface area contributed by atoms with Crippen molar-refractivity contribution in [2.75, 3.05) is 0 Å². The second kappa shape index (κ2) is 4.76. The van der Waals surface area contributed by atoms with E-state index in [1.807, 2.05) is 0 Å². The summed E-state index contributed by atoms with van der Waals surface area (Å²) in [6, 6.07) is 3.69. The molecule has 5 nitrogen and oxygen atoms in total. The fraction of sp³-hybridized carbons (Fsp3) is 0.273. The Kier molecular flexibility index (Phi) is 3.63. The topological polar surface area (TPSA) is 101 Å². The molecule has 0 aliphatic carbocycles. The van der Waals surface area contributed by atoms with Crippen LogP contribution in [0.2, 0.25) is 0 Å². The molecule has 1 atom stereocenters. The van der Waals surface area contributed by atoms with Gasteiger partial charge in [0.1, 0.15) is 6.04 Å². The van der Waals surface area contributed by atoms with E-state index in [1.165, 1.54) is 12.1 Å². The monoisotopic (exact) mass is 223 g/mol. The molecule has 1 aromatic rings. The molecule has 0 bridgehead atoms. The van der Waals surface area contributed by atoms with Gasteiger partial charge in [-0.25, -0.2) is 4.79 Å². The number of carboxylic acid groups (broad SMARTS) is 2. The van der Waals surface area contributed by atoms with Crippen molar-refractivity contribution in [2.24, 2.45) is 5.73 Å². The van der Waals surface area contributed by atoms with Crippen LogP contribution in [-0.4, -0.2) is 28.2 Å². The lowest BCUT2D eigenvalue weighted by Gasteiger charge is -2.08. The first-order valence-corrected chi connectivity index (χ1v) is 4.72. The number of hydrogen-bond acceptors (Lipinski definition) is 3. The lowest BCUT2D eigenvalue weighted by Crippen LogP contribution is -2.32. The molecule has 0 saturated carbocycles. The van der Waals surface area contributed by atoms with Crippen molar-refractivity contribution >= 4 is 11.9 Å². The van der Waals surface area contributed by atoms with Crippen molar-refractivity contribution in [2.45, 2.75) is 19.4 Å². The first-order valence-electron chi connectivity index (χ1n) is 4.72. The van der Waals surface area contributed by atoms with E-state index in [0.717, 1.165) is 5.56 Å². The Morgan fingerprint density at radius 3 is 2.44 bits per heavy atom. The highest BCUT2D eigenvalue weighted by molar-refractivity contribution is 5.88. The Labute approximate surface area is 92.5 Å². The average Bonchev–Trinajstić information content (AvgIpc) is 2.16. The van der Waals surface area contributed by atoms with E-state index in [9.17, 15) is 9.59 Å². The number of benzene rings is 1. The summed E-state index contributed by atoms with van der Waals surface area (Å²) in [6.45, 7) is 1.75. The second-order valence-electron chi connectivity index (χ2n) is 3.66. The number of carboxylic acids is 2. The van der Waals surface area contributed by atoms with Gasteiger partial charge in [-0.2, -0.15) is 0 Å². The molecular formula is C11H13NO4. The highest BCUT2D eigenvalue weighted by Crippen LogP contribution is 2.11. The molecular weight excluding hydrogens is 210 g/mol. The van der Waals surface area contributed by atoms with Crippen molar-refractivity contribution in [1.29, 1.82) is 0 Å². The number of nitrogens with two attached hydrogens (primary N) is 1. The molecule has 0 spiro atoms. The molecule has 1 aromatic carbocycles. The van der Waals surface area contributed by atoms with E-state index in [1.54, 1.807) is 13.0 Å². The predicted molar refractivity (Wildman–Crippen MR) is 57.5 cm³/mol. The molecule has 0 unspecified atom stereocenters. The first kappa shape index (κ1) is 12.2. The first-order chi connectivity index (χ1) is 7.40. The second-order valence-corrected chi connectivity index (χ2v) is 3.66. The minimum atomic E-state index is -1.10. The number of aryl methyl sites for hydroxylation is 1. The van der Waals surface area contributed by atoms with Crippen LogP contribution in [0.5, 0.6) is 0 Å². The van der Waals surface area contributed by atoms with Crippen LogP contribution in [0.4, 0.5) is 0 Å². The standard InChI is InChI=1S/C11H13NO4/c1-6-2-7(5-9(12)11(15)16)4-8(3-6)10(13)14/h2-4,9H,5,12H2,1H3,(H,13,14)(H,15,16)/t9-/m0/s1. The number of aromatic carboxylic acids is 1. The van der Waals surface area contributed by atoms with E-state index in [0.29, 0.717) is 5.56 Å². The van der Waals surface area contributed by atoms with Crippen LogP contribution in [0.1, 0.15) is 21.5 Å². The summed E-state index contributed by atoms with van der Waals surface area (Å²) < 4.78 is 0. The van der Waals surface area contributed by atoms with Crippen molar-refractivity contribution in [3.8, 4) is 0 Å². The zero-order chi connectivity index (χ0) is 12.3. The molecule has 0 heterocycles. The maximum atomic E-state index is 10.8. The van der Waals surface area contributed by atoms with Crippen LogP contribution in [0.3, 0.4) is 0 Å². The minimum Gasteiger partial charge on any atom is -0.480 e. The third kappa shape index (κ3) is 3.06. The molecule has 0 amide bonds. The van der Waals surface area contributed by atoms with Crippen LogP contribution >= 0.6 is 0 Å². The molecule has 0 saturated heterocycles. The Balaban J connectivity index is 2.97. The Hall–Kier alpha value is -1.88. The summed E-state index contributed by atoms with van der Waals surface area (Å²) in [6.07, 6.45) is 0.122. The average molecular weight is 223 g/mol. The van der Waals surface area contributed by atoms with Gasteiger partial charge < -0.3 is 15.9 Å².